The van der Waals surface area contributed by atoms with E-state index in [-0.39, 0.29) is 18.1 Å². The molecule has 0 atom stereocenters. The van der Waals surface area contributed by atoms with Crippen molar-refractivity contribution in [1.29, 1.82) is 0 Å². The quantitative estimate of drug-likeness (QED) is 0.794. The highest BCUT2D eigenvalue weighted by Gasteiger charge is 2.17. The van der Waals surface area contributed by atoms with Gasteiger partial charge < -0.3 is 10.1 Å². The molecule has 0 fully saturated rings. The van der Waals surface area contributed by atoms with E-state index >= 15 is 0 Å². The van der Waals surface area contributed by atoms with Crippen LogP contribution in [0, 0.1) is 0 Å². The second-order valence-electron chi connectivity index (χ2n) is 4.61. The maximum atomic E-state index is 11.6. The third kappa shape index (κ3) is 5.07. The highest BCUT2D eigenvalue weighted by atomic mass is 79.9. The van der Waals surface area contributed by atoms with Crippen LogP contribution < -0.4 is 5.32 Å². The lowest BCUT2D eigenvalue weighted by molar-refractivity contribution is -0.125. The lowest BCUT2D eigenvalue weighted by Gasteiger charge is -2.20. The topological polar surface area (TPSA) is 55.4 Å². The Hall–Kier alpha value is -0.400. The van der Waals surface area contributed by atoms with Crippen LogP contribution in [0.1, 0.15) is 30.4 Å². The van der Waals surface area contributed by atoms with Gasteiger partial charge >= 0.3 is 5.97 Å². The molecule has 100 valence electrons. The molecule has 0 spiro atoms. The minimum Gasteiger partial charge on any atom is -0.451 e. The summed E-state index contributed by atoms with van der Waals surface area (Å²) in [7, 11) is 0. The molecule has 1 heterocycles. The number of rotatable bonds is 3. The number of ether oxygens (including phenoxy) is 1. The number of hydrogen-bond acceptors (Lipinski definition) is 4. The van der Waals surface area contributed by atoms with Crippen LogP contribution in [0.2, 0.25) is 0 Å². The van der Waals surface area contributed by atoms with Gasteiger partial charge in [-0.05, 0) is 58.7 Å². The van der Waals surface area contributed by atoms with Crippen molar-refractivity contribution in [3.05, 3.63) is 19.2 Å². The van der Waals surface area contributed by atoms with Gasteiger partial charge in [0, 0.05) is 10.0 Å². The summed E-state index contributed by atoms with van der Waals surface area (Å²) in [5, 5.41) is 2.71. The molecule has 0 unspecified atom stereocenters. The highest BCUT2D eigenvalue weighted by Crippen LogP contribution is 2.32. The first-order valence-corrected chi connectivity index (χ1v) is 7.52. The number of halogens is 2. The second kappa shape index (κ2) is 6.16. The van der Waals surface area contributed by atoms with E-state index in [2.05, 4.69) is 37.2 Å². The zero-order valence-electron chi connectivity index (χ0n) is 10.2. The van der Waals surface area contributed by atoms with E-state index in [1.807, 2.05) is 20.8 Å². The predicted octanol–water partition coefficient (Wildman–Crippen LogP) is 3.34. The first kappa shape index (κ1) is 15.7. The number of carbonyl (C=O) groups is 2. The summed E-state index contributed by atoms with van der Waals surface area (Å²) >= 11 is 7.82. The molecular weight excluding hydrogens is 386 g/mol. The number of carbonyl (C=O) groups excluding carboxylic acids is 2. The molecule has 0 aliphatic heterocycles. The van der Waals surface area contributed by atoms with Gasteiger partial charge in [0.2, 0.25) is 0 Å². The molecule has 4 nitrogen and oxygen atoms in total. The number of nitrogens with one attached hydrogen (secondary N) is 1. The van der Waals surface area contributed by atoms with E-state index in [0.717, 1.165) is 8.26 Å². The minimum atomic E-state index is -0.504. The van der Waals surface area contributed by atoms with Crippen LogP contribution in [0.5, 0.6) is 0 Å². The molecular formula is C11H13Br2NO3S. The molecule has 0 bridgehead atoms. The van der Waals surface area contributed by atoms with Gasteiger partial charge in [0.15, 0.2) is 6.61 Å². The molecule has 1 rings (SSSR count). The average Bonchev–Trinajstić information content (AvgIpc) is 2.53. The van der Waals surface area contributed by atoms with Crippen molar-refractivity contribution >= 4 is 55.1 Å². The van der Waals surface area contributed by atoms with E-state index in [1.54, 1.807) is 6.07 Å². The van der Waals surface area contributed by atoms with E-state index in [0.29, 0.717) is 4.88 Å². The van der Waals surface area contributed by atoms with Crippen LogP contribution in [0.15, 0.2) is 14.3 Å². The van der Waals surface area contributed by atoms with Crippen molar-refractivity contribution in [1.82, 2.24) is 5.32 Å². The molecule has 0 aromatic carbocycles. The van der Waals surface area contributed by atoms with Crippen molar-refractivity contribution < 1.29 is 14.3 Å². The Kier molecular flexibility index (Phi) is 5.36. The van der Waals surface area contributed by atoms with Crippen molar-refractivity contribution in [3.63, 3.8) is 0 Å². The lowest BCUT2D eigenvalue weighted by atomic mass is 10.1. The zero-order valence-corrected chi connectivity index (χ0v) is 14.2. The first-order chi connectivity index (χ1) is 8.19. The van der Waals surface area contributed by atoms with Crippen LogP contribution in [0.25, 0.3) is 0 Å². The van der Waals surface area contributed by atoms with Crippen LogP contribution in [-0.4, -0.2) is 24.0 Å². The minimum absolute atomic E-state index is 0.275. The summed E-state index contributed by atoms with van der Waals surface area (Å²) in [4.78, 5) is 23.6. The Morgan fingerprint density at radius 1 is 1.39 bits per heavy atom. The fourth-order valence-electron chi connectivity index (χ4n) is 1.10. The van der Waals surface area contributed by atoms with E-state index in [1.165, 1.54) is 11.3 Å². The third-order valence-electron chi connectivity index (χ3n) is 1.70. The zero-order chi connectivity index (χ0) is 13.9. The van der Waals surface area contributed by atoms with Gasteiger partial charge in [-0.2, -0.15) is 0 Å². The lowest BCUT2D eigenvalue weighted by Crippen LogP contribution is -2.42. The maximum Gasteiger partial charge on any atom is 0.348 e. The standard InChI is InChI=1S/C11H13Br2NO3S/c1-11(2,3)14-8(15)5-17-10(16)7-4-6(12)9(13)18-7/h4H,5H2,1-3H3,(H,14,15). The van der Waals surface area contributed by atoms with Gasteiger partial charge in [-0.25, -0.2) is 4.79 Å². The van der Waals surface area contributed by atoms with Crippen molar-refractivity contribution in [2.24, 2.45) is 0 Å². The summed E-state index contributed by atoms with van der Waals surface area (Å²) in [6.45, 7) is 5.31. The monoisotopic (exact) mass is 397 g/mol. The SMILES string of the molecule is CC(C)(C)NC(=O)COC(=O)c1cc(Br)c(Br)s1. The molecule has 0 aliphatic rings. The van der Waals surface area contributed by atoms with Crippen LogP contribution in [-0.2, 0) is 9.53 Å². The summed E-state index contributed by atoms with van der Waals surface area (Å²) in [6, 6.07) is 1.65. The first-order valence-electron chi connectivity index (χ1n) is 5.12. The van der Waals surface area contributed by atoms with Crippen LogP contribution >= 0.6 is 43.2 Å². The van der Waals surface area contributed by atoms with E-state index < -0.39 is 5.97 Å². The van der Waals surface area contributed by atoms with E-state index in [9.17, 15) is 9.59 Å². The predicted molar refractivity (Wildman–Crippen MR) is 77.9 cm³/mol. The normalized spacial score (nSPS) is 11.2. The largest absolute Gasteiger partial charge is 0.451 e. The third-order valence-corrected chi connectivity index (χ3v) is 4.93. The summed E-state index contributed by atoms with van der Waals surface area (Å²) in [5.74, 6) is -0.819. The highest BCUT2D eigenvalue weighted by molar-refractivity contribution is 9.13. The Labute approximate surface area is 126 Å². The van der Waals surface area contributed by atoms with Crippen molar-refractivity contribution in [2.75, 3.05) is 6.61 Å². The molecule has 0 aliphatic carbocycles. The summed E-state index contributed by atoms with van der Waals surface area (Å²) in [6.07, 6.45) is 0. The number of amides is 1. The molecule has 1 aromatic heterocycles. The molecule has 1 aromatic rings. The molecule has 0 radical (unpaired) electrons. The summed E-state index contributed by atoms with van der Waals surface area (Å²) in [5.41, 5.74) is -0.335. The fraction of sp³-hybridized carbons (Fsp3) is 0.455. The summed E-state index contributed by atoms with van der Waals surface area (Å²) < 4.78 is 6.53. The maximum absolute atomic E-state index is 11.6. The Balaban J connectivity index is 2.49. The van der Waals surface area contributed by atoms with Gasteiger partial charge in [-0.15, -0.1) is 11.3 Å². The van der Waals surface area contributed by atoms with Gasteiger partial charge in [0.05, 0.1) is 3.79 Å². The molecule has 18 heavy (non-hydrogen) atoms. The Bertz CT molecular complexity index is 446. The Morgan fingerprint density at radius 3 is 2.44 bits per heavy atom. The molecule has 1 N–H and O–H groups in total. The molecule has 0 saturated heterocycles. The van der Waals surface area contributed by atoms with Crippen LogP contribution in [0.4, 0.5) is 0 Å². The van der Waals surface area contributed by atoms with Gasteiger partial charge in [0.1, 0.15) is 4.88 Å². The fourth-order valence-corrected chi connectivity index (χ4v) is 3.03. The number of hydrogen-bond donors (Lipinski definition) is 1. The number of esters is 1. The van der Waals surface area contributed by atoms with Crippen molar-refractivity contribution in [2.45, 2.75) is 26.3 Å². The molecule has 7 heteroatoms. The van der Waals surface area contributed by atoms with Gasteiger partial charge in [-0.1, -0.05) is 0 Å². The van der Waals surface area contributed by atoms with E-state index in [4.69, 9.17) is 4.74 Å². The number of thiophene rings is 1. The smallest absolute Gasteiger partial charge is 0.348 e. The second-order valence-corrected chi connectivity index (χ2v) is 7.83. The van der Waals surface area contributed by atoms with Crippen molar-refractivity contribution in [3.8, 4) is 0 Å². The average molecular weight is 399 g/mol. The van der Waals surface area contributed by atoms with Gasteiger partial charge in [-0.3, -0.25) is 4.79 Å². The van der Waals surface area contributed by atoms with Gasteiger partial charge in [0.25, 0.3) is 5.91 Å². The molecule has 1 amide bonds. The van der Waals surface area contributed by atoms with Crippen LogP contribution in [0.3, 0.4) is 0 Å². The Morgan fingerprint density at radius 2 is 2.00 bits per heavy atom. The molecule has 0 saturated carbocycles.